The monoisotopic (exact) mass is 296 g/mol. The zero-order valence-electron chi connectivity index (χ0n) is 13.9. The molecular weight excluding hydrogens is 264 g/mol. The van der Waals surface area contributed by atoms with Crippen LogP contribution in [-0.4, -0.2) is 46.7 Å². The minimum atomic E-state index is -0.736. The molecule has 0 aromatic heterocycles. The van der Waals surface area contributed by atoms with Crippen LogP contribution < -0.4 is 5.32 Å². The van der Waals surface area contributed by atoms with E-state index in [2.05, 4.69) is 24.1 Å². The number of carboxylic acid groups (broad SMARTS) is 1. The fourth-order valence-electron chi connectivity index (χ4n) is 2.90. The van der Waals surface area contributed by atoms with Crippen LogP contribution in [-0.2, 0) is 4.79 Å². The smallest absolute Gasteiger partial charge is 0.323 e. The lowest BCUT2D eigenvalue weighted by Gasteiger charge is -2.29. The summed E-state index contributed by atoms with van der Waals surface area (Å²) in [5.74, 6) is 0.223. The quantitative estimate of drug-likeness (QED) is 0.576. The highest BCUT2D eigenvalue weighted by molar-refractivity contribution is 5.78. The molecule has 2 fully saturated rings. The summed E-state index contributed by atoms with van der Waals surface area (Å²) in [6, 6.07) is 1.04. The largest absolute Gasteiger partial charge is 0.480 e. The Morgan fingerprint density at radius 3 is 2.43 bits per heavy atom. The van der Waals surface area contributed by atoms with Crippen molar-refractivity contribution in [1.29, 1.82) is 0 Å². The number of nitrogens with one attached hydrogen (secondary N) is 1. The van der Waals surface area contributed by atoms with Gasteiger partial charge in [-0.2, -0.15) is 0 Å². The Balaban J connectivity index is 1.69. The number of nitrogens with zero attached hydrogens (tertiary/aromatic N) is 1. The molecule has 0 amide bonds. The maximum absolute atomic E-state index is 11.5. The standard InChI is InChI=1S/C17H32N2O2/c1-13(2)19(12-14-6-7-14)11-5-4-10-17(3,16(20)21)18-15-8-9-15/h13-15,18H,4-12H2,1-3H3,(H,20,21). The van der Waals surface area contributed by atoms with Crippen molar-refractivity contribution in [2.75, 3.05) is 13.1 Å². The van der Waals surface area contributed by atoms with Crippen molar-refractivity contribution in [2.24, 2.45) is 5.92 Å². The van der Waals surface area contributed by atoms with E-state index < -0.39 is 11.5 Å². The number of hydrogen-bond acceptors (Lipinski definition) is 3. The minimum Gasteiger partial charge on any atom is -0.480 e. The van der Waals surface area contributed by atoms with Crippen LogP contribution in [0.1, 0.15) is 65.7 Å². The normalized spacial score (nSPS) is 21.8. The first-order valence-electron chi connectivity index (χ1n) is 8.66. The van der Waals surface area contributed by atoms with Gasteiger partial charge in [0.25, 0.3) is 0 Å². The zero-order valence-corrected chi connectivity index (χ0v) is 13.9. The van der Waals surface area contributed by atoms with Crippen LogP contribution >= 0.6 is 0 Å². The van der Waals surface area contributed by atoms with Gasteiger partial charge in [0, 0.05) is 18.6 Å². The Morgan fingerprint density at radius 2 is 1.95 bits per heavy atom. The zero-order chi connectivity index (χ0) is 15.5. The molecule has 0 spiro atoms. The first kappa shape index (κ1) is 16.8. The second-order valence-corrected chi connectivity index (χ2v) is 7.55. The fraction of sp³-hybridized carbons (Fsp3) is 0.941. The van der Waals surface area contributed by atoms with Crippen LogP contribution in [0.25, 0.3) is 0 Å². The van der Waals surface area contributed by atoms with Crippen LogP contribution in [0, 0.1) is 5.92 Å². The van der Waals surface area contributed by atoms with Crippen LogP contribution in [0.15, 0.2) is 0 Å². The molecule has 0 heterocycles. The van der Waals surface area contributed by atoms with Crippen LogP contribution in [0.4, 0.5) is 0 Å². The van der Waals surface area contributed by atoms with Gasteiger partial charge in [-0.05, 0) is 78.2 Å². The maximum atomic E-state index is 11.5. The van der Waals surface area contributed by atoms with Gasteiger partial charge >= 0.3 is 5.97 Å². The molecule has 4 nitrogen and oxygen atoms in total. The highest BCUT2D eigenvalue weighted by Gasteiger charge is 2.37. The lowest BCUT2D eigenvalue weighted by Crippen LogP contribution is -2.50. The van der Waals surface area contributed by atoms with E-state index in [4.69, 9.17) is 0 Å². The first-order valence-corrected chi connectivity index (χ1v) is 8.66. The summed E-state index contributed by atoms with van der Waals surface area (Å²) >= 11 is 0. The van der Waals surface area contributed by atoms with Gasteiger partial charge in [-0.1, -0.05) is 0 Å². The number of hydrogen-bond donors (Lipinski definition) is 2. The lowest BCUT2D eigenvalue weighted by atomic mass is 9.94. The van der Waals surface area contributed by atoms with Crippen LogP contribution in [0.2, 0.25) is 0 Å². The van der Waals surface area contributed by atoms with Gasteiger partial charge in [0.05, 0.1) is 0 Å². The van der Waals surface area contributed by atoms with Crippen molar-refractivity contribution in [1.82, 2.24) is 10.2 Å². The van der Waals surface area contributed by atoms with E-state index in [1.54, 1.807) is 0 Å². The average Bonchev–Trinajstić information content (AvgIpc) is 3.27. The van der Waals surface area contributed by atoms with Crippen molar-refractivity contribution in [2.45, 2.75) is 83.3 Å². The van der Waals surface area contributed by atoms with Gasteiger partial charge in [0.1, 0.15) is 5.54 Å². The molecule has 0 radical (unpaired) electrons. The molecule has 0 saturated heterocycles. The Kier molecular flexibility index (Phi) is 5.67. The van der Waals surface area contributed by atoms with Crippen molar-refractivity contribution in [3.8, 4) is 0 Å². The topological polar surface area (TPSA) is 52.6 Å². The number of carboxylic acids is 1. The van der Waals surface area contributed by atoms with Gasteiger partial charge in [-0.3, -0.25) is 10.1 Å². The summed E-state index contributed by atoms with van der Waals surface area (Å²) in [5.41, 5.74) is -0.736. The van der Waals surface area contributed by atoms with E-state index in [0.717, 1.165) is 44.6 Å². The summed E-state index contributed by atoms with van der Waals surface area (Å²) in [7, 11) is 0. The molecule has 2 rings (SSSR count). The molecule has 2 aliphatic rings. The second kappa shape index (κ2) is 7.10. The van der Waals surface area contributed by atoms with Crippen LogP contribution in [0.3, 0.4) is 0 Å². The first-order chi connectivity index (χ1) is 9.90. The van der Waals surface area contributed by atoms with E-state index in [-0.39, 0.29) is 0 Å². The second-order valence-electron chi connectivity index (χ2n) is 7.55. The summed E-state index contributed by atoms with van der Waals surface area (Å²) < 4.78 is 0. The van der Waals surface area contributed by atoms with E-state index >= 15 is 0 Å². The SMILES string of the molecule is CC(C)N(CCCCC(C)(NC1CC1)C(=O)O)CC1CC1. The lowest BCUT2D eigenvalue weighted by molar-refractivity contribution is -0.144. The molecule has 0 bridgehead atoms. The van der Waals surface area contributed by atoms with Crippen molar-refractivity contribution in [3.63, 3.8) is 0 Å². The van der Waals surface area contributed by atoms with E-state index in [0.29, 0.717) is 12.1 Å². The molecule has 4 heteroatoms. The summed E-state index contributed by atoms with van der Waals surface area (Å²) in [6.07, 6.45) is 7.86. The van der Waals surface area contributed by atoms with Gasteiger partial charge in [-0.25, -0.2) is 0 Å². The Bertz CT molecular complexity index is 351. The van der Waals surface area contributed by atoms with Crippen molar-refractivity contribution >= 4 is 5.97 Å². The van der Waals surface area contributed by atoms with Crippen molar-refractivity contribution in [3.05, 3.63) is 0 Å². The Hall–Kier alpha value is -0.610. The number of unbranched alkanes of at least 4 members (excludes halogenated alkanes) is 1. The van der Waals surface area contributed by atoms with Crippen LogP contribution in [0.5, 0.6) is 0 Å². The molecule has 0 aromatic rings. The summed E-state index contributed by atoms with van der Waals surface area (Å²) in [5, 5.41) is 12.8. The summed E-state index contributed by atoms with van der Waals surface area (Å²) in [6.45, 7) is 8.70. The van der Waals surface area contributed by atoms with Gasteiger partial charge in [0.15, 0.2) is 0 Å². The molecule has 122 valence electrons. The van der Waals surface area contributed by atoms with Crippen molar-refractivity contribution < 1.29 is 9.90 Å². The molecule has 1 atom stereocenters. The summed E-state index contributed by atoms with van der Waals surface area (Å²) in [4.78, 5) is 14.1. The number of rotatable bonds is 11. The average molecular weight is 296 g/mol. The number of aliphatic carboxylic acids is 1. The third-order valence-electron chi connectivity index (χ3n) is 4.86. The predicted molar refractivity (Wildman–Crippen MR) is 85.5 cm³/mol. The van der Waals surface area contributed by atoms with E-state index in [1.807, 2.05) is 6.92 Å². The Morgan fingerprint density at radius 1 is 1.29 bits per heavy atom. The minimum absolute atomic E-state index is 0.438. The van der Waals surface area contributed by atoms with E-state index in [9.17, 15) is 9.90 Å². The molecule has 0 aliphatic heterocycles. The molecule has 2 saturated carbocycles. The third-order valence-corrected chi connectivity index (χ3v) is 4.86. The maximum Gasteiger partial charge on any atom is 0.323 e. The van der Waals surface area contributed by atoms with Gasteiger partial charge in [0.2, 0.25) is 0 Å². The van der Waals surface area contributed by atoms with E-state index in [1.165, 1.54) is 19.4 Å². The molecular formula is C17H32N2O2. The molecule has 1 unspecified atom stereocenters. The number of carbonyl (C=O) groups is 1. The highest BCUT2D eigenvalue weighted by atomic mass is 16.4. The molecule has 0 aromatic carbocycles. The highest BCUT2D eigenvalue weighted by Crippen LogP contribution is 2.30. The fourth-order valence-corrected chi connectivity index (χ4v) is 2.90. The molecule has 21 heavy (non-hydrogen) atoms. The molecule has 2 aliphatic carbocycles. The third kappa shape index (κ3) is 5.59. The van der Waals surface area contributed by atoms with Gasteiger partial charge in [-0.15, -0.1) is 0 Å². The predicted octanol–water partition coefficient (Wildman–Crippen LogP) is 2.87. The molecule has 2 N–H and O–H groups in total. The van der Waals surface area contributed by atoms with Gasteiger partial charge < -0.3 is 10.0 Å². The Labute approximate surface area is 129 Å².